The third kappa shape index (κ3) is 4.54. The number of aryl methyl sites for hydroxylation is 1. The third-order valence-corrected chi connectivity index (χ3v) is 6.93. The summed E-state index contributed by atoms with van der Waals surface area (Å²) in [6, 6.07) is -0.696. The Labute approximate surface area is 171 Å². The lowest BCUT2D eigenvalue weighted by atomic mass is 9.82. The van der Waals surface area contributed by atoms with Gasteiger partial charge in [0.1, 0.15) is 6.33 Å². The van der Waals surface area contributed by atoms with Crippen molar-refractivity contribution in [3.63, 3.8) is 0 Å². The van der Waals surface area contributed by atoms with Gasteiger partial charge in [-0.1, -0.05) is 0 Å². The van der Waals surface area contributed by atoms with Crippen molar-refractivity contribution in [3.8, 4) is 5.88 Å². The molecule has 2 atom stereocenters. The minimum absolute atomic E-state index is 0.109. The number of nitrogens with zero attached hydrogens (tertiary/aromatic N) is 3. The smallest absolute Gasteiger partial charge is 0.260 e. The van der Waals surface area contributed by atoms with Crippen LogP contribution < -0.4 is 9.46 Å². The van der Waals surface area contributed by atoms with Gasteiger partial charge in [-0.2, -0.15) is 0 Å². The fourth-order valence-corrected chi connectivity index (χ4v) is 5.62. The van der Waals surface area contributed by atoms with Gasteiger partial charge in [-0.3, -0.25) is 4.79 Å². The SMILES string of the molecule is Cc1ncnc2c1C1CCC(CC1)OC[C@H]1C(NS(C)(=O)=O)CCN1C(=O)CO2. The number of hydrogen-bond donors (Lipinski definition) is 1. The third-order valence-electron chi connectivity index (χ3n) is 6.20. The van der Waals surface area contributed by atoms with Crippen LogP contribution in [0.4, 0.5) is 0 Å². The number of fused-ring (bicyclic) bond motifs is 5. The summed E-state index contributed by atoms with van der Waals surface area (Å²) >= 11 is 0. The number of aromatic nitrogens is 2. The number of carbonyl (C=O) groups excluding carboxylic acids is 1. The van der Waals surface area contributed by atoms with Crippen LogP contribution in [-0.2, 0) is 19.6 Å². The largest absolute Gasteiger partial charge is 0.467 e. The maximum atomic E-state index is 12.9. The maximum Gasteiger partial charge on any atom is 0.260 e. The fraction of sp³-hybridized carbons (Fsp3) is 0.737. The van der Waals surface area contributed by atoms with Crippen molar-refractivity contribution in [3.05, 3.63) is 17.6 Å². The van der Waals surface area contributed by atoms with Gasteiger partial charge in [0, 0.05) is 23.8 Å². The van der Waals surface area contributed by atoms with E-state index in [2.05, 4.69) is 14.7 Å². The van der Waals surface area contributed by atoms with Crippen molar-refractivity contribution < 1.29 is 22.7 Å². The van der Waals surface area contributed by atoms with Crippen molar-refractivity contribution in [1.82, 2.24) is 19.6 Å². The fourth-order valence-electron chi connectivity index (χ4n) is 4.79. The molecule has 0 radical (unpaired) electrons. The van der Waals surface area contributed by atoms with Crippen LogP contribution >= 0.6 is 0 Å². The number of sulfonamides is 1. The molecule has 5 rings (SSSR count). The summed E-state index contributed by atoms with van der Waals surface area (Å²) in [5, 5.41) is 0. The molecule has 1 unspecified atom stereocenters. The van der Waals surface area contributed by atoms with Crippen LogP contribution in [0.5, 0.6) is 5.88 Å². The minimum Gasteiger partial charge on any atom is -0.467 e. The van der Waals surface area contributed by atoms with Gasteiger partial charge in [-0.15, -0.1) is 0 Å². The molecule has 1 saturated carbocycles. The summed E-state index contributed by atoms with van der Waals surface area (Å²) in [7, 11) is -3.38. The molecular formula is C19H28N4O5S. The van der Waals surface area contributed by atoms with Crippen molar-refractivity contribution in [2.45, 2.75) is 63.1 Å². The molecule has 2 bridgehead atoms. The zero-order valence-corrected chi connectivity index (χ0v) is 17.7. The maximum absolute atomic E-state index is 12.9. The van der Waals surface area contributed by atoms with E-state index in [4.69, 9.17) is 9.47 Å². The number of ether oxygens (including phenoxy) is 2. The minimum atomic E-state index is -3.38. The van der Waals surface area contributed by atoms with Gasteiger partial charge in [0.15, 0.2) is 6.61 Å². The van der Waals surface area contributed by atoms with E-state index in [0.29, 0.717) is 31.4 Å². The zero-order valence-electron chi connectivity index (χ0n) is 16.8. The van der Waals surface area contributed by atoms with Crippen LogP contribution in [0, 0.1) is 6.92 Å². The Morgan fingerprint density at radius 1 is 1.17 bits per heavy atom. The molecule has 1 aromatic rings. The Kier molecular flexibility index (Phi) is 5.76. The highest BCUT2D eigenvalue weighted by Crippen LogP contribution is 2.39. The average molecular weight is 425 g/mol. The van der Waals surface area contributed by atoms with E-state index in [0.717, 1.165) is 43.2 Å². The predicted molar refractivity (Wildman–Crippen MR) is 105 cm³/mol. The van der Waals surface area contributed by atoms with E-state index in [1.807, 2.05) is 6.92 Å². The molecule has 9 nitrogen and oxygen atoms in total. The lowest BCUT2D eigenvalue weighted by molar-refractivity contribution is -0.136. The van der Waals surface area contributed by atoms with Gasteiger partial charge in [0.2, 0.25) is 15.9 Å². The molecule has 160 valence electrons. The Hall–Kier alpha value is -1.78. The average Bonchev–Trinajstić information content (AvgIpc) is 3.05. The summed E-state index contributed by atoms with van der Waals surface area (Å²) in [6.07, 6.45) is 6.98. The first-order chi connectivity index (χ1) is 13.8. The lowest BCUT2D eigenvalue weighted by Gasteiger charge is -2.32. The number of amides is 1. The van der Waals surface area contributed by atoms with Gasteiger partial charge >= 0.3 is 0 Å². The van der Waals surface area contributed by atoms with Gasteiger partial charge in [0.05, 0.1) is 25.0 Å². The van der Waals surface area contributed by atoms with Crippen molar-refractivity contribution in [1.29, 1.82) is 0 Å². The summed E-state index contributed by atoms with van der Waals surface area (Å²) < 4.78 is 38.2. The van der Waals surface area contributed by atoms with E-state index in [9.17, 15) is 13.2 Å². The normalized spacial score (nSPS) is 30.6. The van der Waals surface area contributed by atoms with Crippen molar-refractivity contribution >= 4 is 15.9 Å². The molecule has 2 fully saturated rings. The quantitative estimate of drug-likeness (QED) is 0.745. The summed E-state index contributed by atoms with van der Waals surface area (Å²) in [5.74, 6) is 0.586. The second-order valence-corrected chi connectivity index (χ2v) is 9.99. The summed E-state index contributed by atoms with van der Waals surface area (Å²) in [4.78, 5) is 23.2. The van der Waals surface area contributed by atoms with E-state index in [1.165, 1.54) is 6.33 Å². The molecule has 0 aromatic carbocycles. The van der Waals surface area contributed by atoms with E-state index in [1.54, 1.807) is 4.90 Å². The molecule has 1 amide bonds. The highest BCUT2D eigenvalue weighted by atomic mass is 32.2. The highest BCUT2D eigenvalue weighted by Gasteiger charge is 2.40. The molecule has 0 spiro atoms. The molecule has 1 saturated heterocycles. The standard InChI is InChI=1S/C19H28N4O5S/c1-12-18-13-3-5-14(6-4-13)27-9-16-15(22-29(2,25)26)7-8-23(16)17(24)10-28-19(18)21-11-20-12/h11,13-16,22H,3-10H2,1-2H3/t13?,14?,15?,16-/m0/s1. The number of carbonyl (C=O) groups is 1. The molecule has 10 heteroatoms. The molecule has 4 heterocycles. The van der Waals surface area contributed by atoms with Gasteiger partial charge < -0.3 is 14.4 Å². The first kappa shape index (κ1) is 20.5. The molecule has 29 heavy (non-hydrogen) atoms. The van der Waals surface area contributed by atoms with Crippen LogP contribution in [0.15, 0.2) is 6.33 Å². The van der Waals surface area contributed by atoms with E-state index < -0.39 is 10.0 Å². The Morgan fingerprint density at radius 3 is 2.66 bits per heavy atom. The Balaban J connectivity index is 1.61. The second-order valence-electron chi connectivity index (χ2n) is 8.21. The van der Waals surface area contributed by atoms with Crippen molar-refractivity contribution in [2.24, 2.45) is 0 Å². The molecule has 1 N–H and O–H groups in total. The Bertz CT molecular complexity index is 869. The van der Waals surface area contributed by atoms with Crippen LogP contribution in [0.1, 0.15) is 49.3 Å². The first-order valence-corrected chi connectivity index (χ1v) is 12.0. The lowest BCUT2D eigenvalue weighted by Crippen LogP contribution is -2.50. The molecule has 1 aliphatic carbocycles. The second kappa shape index (κ2) is 8.16. The molecule has 3 aliphatic heterocycles. The van der Waals surface area contributed by atoms with Crippen LogP contribution in [-0.4, -0.2) is 73.4 Å². The zero-order chi connectivity index (χ0) is 20.6. The molecule has 1 aromatic heterocycles. The molecular weight excluding hydrogens is 396 g/mol. The number of nitrogens with one attached hydrogen (secondary N) is 1. The molecule has 4 aliphatic rings. The van der Waals surface area contributed by atoms with Crippen LogP contribution in [0.2, 0.25) is 0 Å². The van der Waals surface area contributed by atoms with Gasteiger partial charge in [0.25, 0.3) is 5.91 Å². The highest BCUT2D eigenvalue weighted by molar-refractivity contribution is 7.88. The Morgan fingerprint density at radius 2 is 1.93 bits per heavy atom. The van der Waals surface area contributed by atoms with Gasteiger partial charge in [-0.25, -0.2) is 23.1 Å². The topological polar surface area (TPSA) is 111 Å². The summed E-state index contributed by atoms with van der Waals surface area (Å²) in [5.41, 5.74) is 1.88. The first-order valence-electron chi connectivity index (χ1n) is 10.1. The number of rotatable bonds is 2. The monoisotopic (exact) mass is 424 g/mol. The predicted octanol–water partition coefficient (Wildman–Crippen LogP) is 0.739. The summed E-state index contributed by atoms with van der Waals surface area (Å²) in [6.45, 7) is 2.60. The van der Waals surface area contributed by atoms with Crippen molar-refractivity contribution in [2.75, 3.05) is 26.0 Å². The van der Waals surface area contributed by atoms with Crippen LogP contribution in [0.25, 0.3) is 0 Å². The van der Waals surface area contributed by atoms with Gasteiger partial charge in [-0.05, 0) is 44.9 Å². The number of hydrogen-bond acceptors (Lipinski definition) is 7. The van der Waals surface area contributed by atoms with Crippen LogP contribution in [0.3, 0.4) is 0 Å². The van der Waals surface area contributed by atoms with E-state index in [-0.39, 0.29) is 30.7 Å². The van der Waals surface area contributed by atoms with E-state index >= 15 is 0 Å².